The Kier molecular flexibility index (Phi) is 5.03. The highest BCUT2D eigenvalue weighted by atomic mass is 32.1. The summed E-state index contributed by atoms with van der Waals surface area (Å²) in [5.74, 6) is 0.970. The van der Waals surface area contributed by atoms with Crippen molar-refractivity contribution in [2.24, 2.45) is 5.73 Å². The van der Waals surface area contributed by atoms with E-state index in [1.807, 2.05) is 22.9 Å². The normalized spacial score (nSPS) is 11.3. The number of hydrogen-bond donors (Lipinski definition) is 1. The largest absolute Gasteiger partial charge is 0.389 e. The van der Waals surface area contributed by atoms with Gasteiger partial charge in [0, 0.05) is 18.2 Å². The van der Waals surface area contributed by atoms with Crippen LogP contribution in [0.5, 0.6) is 0 Å². The van der Waals surface area contributed by atoms with Gasteiger partial charge in [-0.15, -0.1) is 0 Å². The third-order valence-electron chi connectivity index (χ3n) is 3.21. The van der Waals surface area contributed by atoms with Gasteiger partial charge < -0.3 is 5.73 Å². The lowest BCUT2D eigenvalue weighted by Gasteiger charge is -2.18. The summed E-state index contributed by atoms with van der Waals surface area (Å²) in [6.45, 7) is 5.75. The fourth-order valence-electron chi connectivity index (χ4n) is 2.25. The summed E-state index contributed by atoms with van der Waals surface area (Å²) in [7, 11) is 2.06. The van der Waals surface area contributed by atoms with Gasteiger partial charge in [0.05, 0.1) is 6.54 Å². The molecule has 2 aromatic rings. The van der Waals surface area contributed by atoms with Gasteiger partial charge >= 0.3 is 0 Å². The van der Waals surface area contributed by atoms with E-state index in [0.29, 0.717) is 11.0 Å². The highest BCUT2D eigenvalue weighted by Crippen LogP contribution is 2.11. The summed E-state index contributed by atoms with van der Waals surface area (Å²) in [6, 6.07) is 8.33. The molecule has 0 amide bonds. The summed E-state index contributed by atoms with van der Waals surface area (Å²) < 4.78 is 1.95. The fraction of sp³-hybridized carbons (Fsp3) is 0.400. The molecule has 112 valence electrons. The van der Waals surface area contributed by atoms with Crippen LogP contribution in [0, 0.1) is 0 Å². The van der Waals surface area contributed by atoms with E-state index in [2.05, 4.69) is 41.9 Å². The van der Waals surface area contributed by atoms with Crippen LogP contribution >= 0.6 is 12.2 Å². The molecule has 0 fully saturated rings. The van der Waals surface area contributed by atoms with Crippen LogP contribution < -0.4 is 5.73 Å². The molecule has 2 N–H and O–H groups in total. The number of aromatic nitrogens is 3. The minimum Gasteiger partial charge on any atom is -0.389 e. The first-order valence-electron chi connectivity index (χ1n) is 6.93. The van der Waals surface area contributed by atoms with E-state index in [1.165, 1.54) is 5.56 Å². The van der Waals surface area contributed by atoms with E-state index in [1.54, 1.807) is 6.33 Å². The van der Waals surface area contributed by atoms with E-state index >= 15 is 0 Å². The second-order valence-electron chi connectivity index (χ2n) is 5.45. The molecule has 1 aromatic heterocycles. The smallest absolute Gasteiger partial charge is 0.141 e. The predicted octanol–water partition coefficient (Wildman–Crippen LogP) is 2.13. The van der Waals surface area contributed by atoms with Gasteiger partial charge in [-0.25, -0.2) is 9.67 Å². The van der Waals surface area contributed by atoms with E-state index in [0.717, 1.165) is 24.5 Å². The van der Waals surface area contributed by atoms with E-state index in [4.69, 9.17) is 18.0 Å². The Labute approximate surface area is 130 Å². The molecule has 0 bridgehead atoms. The van der Waals surface area contributed by atoms with Crippen molar-refractivity contribution in [3.63, 3.8) is 0 Å². The average Bonchev–Trinajstić information content (AvgIpc) is 2.87. The summed E-state index contributed by atoms with van der Waals surface area (Å²) in [6.07, 6.45) is 1.61. The zero-order valence-corrected chi connectivity index (χ0v) is 13.5. The molecule has 0 spiro atoms. The van der Waals surface area contributed by atoms with Crippen molar-refractivity contribution < 1.29 is 0 Å². The van der Waals surface area contributed by atoms with Crippen molar-refractivity contribution in [1.29, 1.82) is 0 Å². The molecule has 0 saturated heterocycles. The van der Waals surface area contributed by atoms with Crippen molar-refractivity contribution in [2.45, 2.75) is 33.0 Å². The molecule has 0 atom stereocenters. The highest BCUT2D eigenvalue weighted by Gasteiger charge is 2.10. The summed E-state index contributed by atoms with van der Waals surface area (Å²) in [4.78, 5) is 6.96. The number of nitrogens with two attached hydrogens (primary N) is 1. The van der Waals surface area contributed by atoms with Gasteiger partial charge in [0.1, 0.15) is 17.1 Å². The van der Waals surface area contributed by atoms with Crippen LogP contribution in [-0.4, -0.2) is 31.7 Å². The molecule has 0 aliphatic carbocycles. The average molecular weight is 303 g/mol. The van der Waals surface area contributed by atoms with Gasteiger partial charge in [-0.2, -0.15) is 5.10 Å². The maximum absolute atomic E-state index is 5.67. The molecule has 0 saturated carbocycles. The fourth-order valence-corrected chi connectivity index (χ4v) is 2.38. The summed E-state index contributed by atoms with van der Waals surface area (Å²) in [5.41, 5.74) is 7.76. The third kappa shape index (κ3) is 4.09. The summed E-state index contributed by atoms with van der Waals surface area (Å²) in [5, 5.41) is 4.26. The van der Waals surface area contributed by atoms with Gasteiger partial charge in [0.25, 0.3) is 0 Å². The van der Waals surface area contributed by atoms with E-state index in [9.17, 15) is 0 Å². The molecule has 2 rings (SSSR count). The number of thiocarbonyl (C=S) groups is 1. The topological polar surface area (TPSA) is 60.0 Å². The van der Waals surface area contributed by atoms with Crippen molar-refractivity contribution >= 4 is 17.2 Å². The molecule has 1 aromatic carbocycles. The van der Waals surface area contributed by atoms with Gasteiger partial charge in [-0.1, -0.05) is 30.4 Å². The zero-order valence-electron chi connectivity index (χ0n) is 12.7. The van der Waals surface area contributed by atoms with Crippen LogP contribution in [0.1, 0.15) is 36.8 Å². The third-order valence-corrected chi connectivity index (χ3v) is 3.45. The molecule has 5 nitrogen and oxygen atoms in total. The molecule has 0 unspecified atom stereocenters. The maximum atomic E-state index is 5.67. The summed E-state index contributed by atoms with van der Waals surface area (Å²) >= 11 is 5.02. The molecular formula is C15H21N5S. The lowest BCUT2D eigenvalue weighted by Crippen LogP contribution is -2.21. The molecule has 0 aliphatic heterocycles. The molecular weight excluding hydrogens is 282 g/mol. The van der Waals surface area contributed by atoms with Gasteiger partial charge in [0.2, 0.25) is 0 Å². The minimum absolute atomic E-state index is 0.314. The Hall–Kier alpha value is -1.79. The zero-order chi connectivity index (χ0) is 15.4. The van der Waals surface area contributed by atoms with E-state index in [-0.39, 0.29) is 0 Å². The van der Waals surface area contributed by atoms with E-state index < -0.39 is 0 Å². The SMILES string of the molecule is CC(C)n1ncnc1CN(C)Cc1cccc(C(N)=S)c1. The minimum atomic E-state index is 0.314. The number of nitrogens with zero attached hydrogens (tertiary/aromatic N) is 4. The second kappa shape index (κ2) is 6.78. The molecule has 1 heterocycles. The van der Waals surface area contributed by atoms with Crippen LogP contribution in [-0.2, 0) is 13.1 Å². The van der Waals surface area contributed by atoms with Crippen LogP contribution in [0.3, 0.4) is 0 Å². The standard InChI is InChI=1S/C15H21N5S/c1-11(2)20-14(17-10-18-20)9-19(3)8-12-5-4-6-13(7-12)15(16)21/h4-7,10-11H,8-9H2,1-3H3,(H2,16,21). The Morgan fingerprint density at radius 2 is 2.14 bits per heavy atom. The number of rotatable bonds is 6. The Bertz CT molecular complexity index is 620. The molecule has 0 aliphatic rings. The molecule has 6 heteroatoms. The first kappa shape index (κ1) is 15.6. The second-order valence-corrected chi connectivity index (χ2v) is 5.89. The highest BCUT2D eigenvalue weighted by molar-refractivity contribution is 7.80. The first-order chi connectivity index (χ1) is 9.97. The van der Waals surface area contributed by atoms with Crippen LogP contribution in [0.25, 0.3) is 0 Å². The Morgan fingerprint density at radius 3 is 2.81 bits per heavy atom. The lowest BCUT2D eigenvalue weighted by molar-refractivity contribution is 0.298. The predicted molar refractivity (Wildman–Crippen MR) is 87.9 cm³/mol. The Balaban J connectivity index is 2.04. The van der Waals surface area contributed by atoms with Crippen molar-refractivity contribution in [1.82, 2.24) is 19.7 Å². The van der Waals surface area contributed by atoms with Crippen molar-refractivity contribution in [2.75, 3.05) is 7.05 Å². The number of benzene rings is 1. The lowest BCUT2D eigenvalue weighted by atomic mass is 10.1. The van der Waals surface area contributed by atoms with Gasteiger partial charge in [-0.3, -0.25) is 4.90 Å². The maximum Gasteiger partial charge on any atom is 0.141 e. The molecule has 0 radical (unpaired) electrons. The number of hydrogen-bond acceptors (Lipinski definition) is 4. The first-order valence-corrected chi connectivity index (χ1v) is 7.34. The van der Waals surface area contributed by atoms with Crippen LogP contribution in [0.2, 0.25) is 0 Å². The Morgan fingerprint density at radius 1 is 1.38 bits per heavy atom. The quantitative estimate of drug-likeness (QED) is 0.828. The van der Waals surface area contributed by atoms with Crippen molar-refractivity contribution in [3.05, 3.63) is 47.5 Å². The van der Waals surface area contributed by atoms with Crippen molar-refractivity contribution in [3.8, 4) is 0 Å². The van der Waals surface area contributed by atoms with Crippen LogP contribution in [0.4, 0.5) is 0 Å². The monoisotopic (exact) mass is 303 g/mol. The molecule has 21 heavy (non-hydrogen) atoms. The van der Waals surface area contributed by atoms with Gasteiger partial charge in [0.15, 0.2) is 0 Å². The van der Waals surface area contributed by atoms with Crippen LogP contribution in [0.15, 0.2) is 30.6 Å². The van der Waals surface area contributed by atoms with Gasteiger partial charge in [-0.05, 0) is 32.5 Å².